The predicted molar refractivity (Wildman–Crippen MR) is 50.3 cm³/mol. The molecule has 0 nitrogen and oxygen atoms in total. The van der Waals surface area contributed by atoms with Crippen molar-refractivity contribution in [2.24, 2.45) is 0 Å². The number of rotatable bonds is 0. The highest BCUT2D eigenvalue weighted by Gasteiger charge is 1.87. The van der Waals surface area contributed by atoms with Crippen LogP contribution in [0.25, 0.3) is 0 Å². The summed E-state index contributed by atoms with van der Waals surface area (Å²) in [6.45, 7) is 0. The minimum Gasteiger partial charge on any atom is -0.0885 e. The van der Waals surface area contributed by atoms with Crippen LogP contribution in [0.4, 0.5) is 0 Å². The molecule has 0 heteroatoms. The van der Waals surface area contributed by atoms with Gasteiger partial charge in [-0.2, -0.15) is 0 Å². The molecule has 0 N–H and O–H groups in total. The van der Waals surface area contributed by atoms with Gasteiger partial charge in [-0.05, 0) is 44.9 Å². The summed E-state index contributed by atoms with van der Waals surface area (Å²) in [6, 6.07) is 0. The zero-order valence-corrected chi connectivity index (χ0v) is 7.13. The zero-order chi connectivity index (χ0) is 7.78. The lowest BCUT2D eigenvalue weighted by molar-refractivity contribution is 0.857. The Balaban J connectivity index is 2.22. The molecule has 1 radical (unpaired) electrons. The molecule has 0 aliphatic heterocycles. The van der Waals surface area contributed by atoms with Crippen LogP contribution in [-0.4, -0.2) is 0 Å². The lowest BCUT2D eigenvalue weighted by Gasteiger charge is -1.92. The highest BCUT2D eigenvalue weighted by molar-refractivity contribution is 4.91. The van der Waals surface area contributed by atoms with Gasteiger partial charge in [-0.1, -0.05) is 24.3 Å². The Morgan fingerprint density at radius 1 is 0.455 bits per heavy atom. The van der Waals surface area contributed by atoms with Crippen molar-refractivity contribution < 1.29 is 0 Å². The first kappa shape index (κ1) is 8.58. The van der Waals surface area contributed by atoms with E-state index >= 15 is 0 Å². The topological polar surface area (TPSA) is 0 Å². The largest absolute Gasteiger partial charge is 0.0885 e. The van der Waals surface area contributed by atoms with Gasteiger partial charge in [0, 0.05) is 0 Å². The van der Waals surface area contributed by atoms with E-state index in [0.29, 0.717) is 0 Å². The van der Waals surface area contributed by atoms with Crippen LogP contribution in [0.3, 0.4) is 0 Å². The SMILES string of the molecule is [CH]1CC/C=C\CC/C=C\CC1. The highest BCUT2D eigenvalue weighted by atomic mass is 13.9. The maximum absolute atomic E-state index is 2.39. The third-order valence-electron chi connectivity index (χ3n) is 1.91. The molecule has 1 rings (SSSR count). The standard InChI is InChI=1S/C11H17/c1-2-4-6-8-10-11-9-7-5-3-1/h1-2,7-9H,3-6,10-11H2/b2-1-,9-7-. The first-order valence-corrected chi connectivity index (χ1v) is 4.62. The molecule has 0 heterocycles. The Morgan fingerprint density at radius 2 is 0.818 bits per heavy atom. The molecule has 0 aromatic carbocycles. The monoisotopic (exact) mass is 149 g/mol. The predicted octanol–water partition coefficient (Wildman–Crippen LogP) is 3.66. The van der Waals surface area contributed by atoms with E-state index < -0.39 is 0 Å². The van der Waals surface area contributed by atoms with Crippen molar-refractivity contribution in [3.8, 4) is 0 Å². The van der Waals surface area contributed by atoms with Gasteiger partial charge >= 0.3 is 0 Å². The zero-order valence-electron chi connectivity index (χ0n) is 7.13. The minimum atomic E-state index is 1.22. The van der Waals surface area contributed by atoms with Crippen molar-refractivity contribution in [2.75, 3.05) is 0 Å². The first-order valence-electron chi connectivity index (χ1n) is 4.62. The molecule has 11 heavy (non-hydrogen) atoms. The van der Waals surface area contributed by atoms with E-state index in [1.807, 2.05) is 0 Å². The number of hydrogen-bond donors (Lipinski definition) is 0. The molecule has 1 aliphatic carbocycles. The lowest BCUT2D eigenvalue weighted by atomic mass is 10.1. The third kappa shape index (κ3) is 4.83. The summed E-state index contributed by atoms with van der Waals surface area (Å²) in [5.41, 5.74) is 0. The van der Waals surface area contributed by atoms with Gasteiger partial charge in [0.05, 0.1) is 0 Å². The molecule has 0 unspecified atom stereocenters. The second kappa shape index (κ2) is 6.21. The van der Waals surface area contributed by atoms with E-state index in [-0.39, 0.29) is 0 Å². The summed E-state index contributed by atoms with van der Waals surface area (Å²) >= 11 is 0. The quantitative estimate of drug-likeness (QED) is 0.461. The second-order valence-corrected chi connectivity index (χ2v) is 2.96. The van der Waals surface area contributed by atoms with E-state index in [2.05, 4.69) is 30.7 Å². The fourth-order valence-corrected chi connectivity index (χ4v) is 1.24. The molecule has 0 aromatic heterocycles. The first-order chi connectivity index (χ1) is 5.50. The fourth-order valence-electron chi connectivity index (χ4n) is 1.24. The minimum absolute atomic E-state index is 1.22. The number of hydrogen-bond acceptors (Lipinski definition) is 0. The van der Waals surface area contributed by atoms with Gasteiger partial charge in [-0.3, -0.25) is 0 Å². The van der Waals surface area contributed by atoms with Crippen LogP contribution < -0.4 is 0 Å². The van der Waals surface area contributed by atoms with Crippen LogP contribution in [0.5, 0.6) is 0 Å². The molecule has 1 aliphatic rings. The molecular weight excluding hydrogens is 132 g/mol. The van der Waals surface area contributed by atoms with Crippen molar-refractivity contribution >= 4 is 0 Å². The second-order valence-electron chi connectivity index (χ2n) is 2.96. The van der Waals surface area contributed by atoms with Crippen molar-refractivity contribution in [3.63, 3.8) is 0 Å². The van der Waals surface area contributed by atoms with Crippen molar-refractivity contribution in [1.29, 1.82) is 0 Å². The summed E-state index contributed by atoms with van der Waals surface area (Å²) in [7, 11) is 0. The highest BCUT2D eigenvalue weighted by Crippen LogP contribution is 2.06. The maximum Gasteiger partial charge on any atom is -0.0316 e. The molecular formula is C11H17. The lowest BCUT2D eigenvalue weighted by Crippen LogP contribution is -1.75. The molecule has 0 amide bonds. The normalized spacial score (nSPS) is 26.9. The average molecular weight is 149 g/mol. The Morgan fingerprint density at radius 3 is 1.27 bits per heavy atom. The van der Waals surface area contributed by atoms with Gasteiger partial charge in [0.2, 0.25) is 0 Å². The molecule has 0 bridgehead atoms. The van der Waals surface area contributed by atoms with Crippen LogP contribution in [0, 0.1) is 6.42 Å². The van der Waals surface area contributed by atoms with Crippen molar-refractivity contribution in [2.45, 2.75) is 38.5 Å². The van der Waals surface area contributed by atoms with E-state index in [0.717, 1.165) is 0 Å². The van der Waals surface area contributed by atoms with Gasteiger partial charge in [0.1, 0.15) is 0 Å². The van der Waals surface area contributed by atoms with Gasteiger partial charge < -0.3 is 0 Å². The molecule has 0 aromatic rings. The van der Waals surface area contributed by atoms with Crippen LogP contribution in [-0.2, 0) is 0 Å². The summed E-state index contributed by atoms with van der Waals surface area (Å²) in [5.74, 6) is 0. The van der Waals surface area contributed by atoms with E-state index in [9.17, 15) is 0 Å². The van der Waals surface area contributed by atoms with E-state index in [1.54, 1.807) is 0 Å². The Labute approximate surface area is 70.0 Å². The van der Waals surface area contributed by atoms with Crippen molar-refractivity contribution in [3.05, 3.63) is 30.7 Å². The smallest absolute Gasteiger partial charge is 0.0316 e. The van der Waals surface area contributed by atoms with Crippen molar-refractivity contribution in [1.82, 2.24) is 0 Å². The molecule has 61 valence electrons. The van der Waals surface area contributed by atoms with Crippen LogP contribution in [0.15, 0.2) is 24.3 Å². The summed E-state index contributed by atoms with van der Waals surface area (Å²) in [4.78, 5) is 0. The third-order valence-corrected chi connectivity index (χ3v) is 1.91. The summed E-state index contributed by atoms with van der Waals surface area (Å²) < 4.78 is 0. The Bertz CT molecular complexity index is 115. The van der Waals surface area contributed by atoms with E-state index in [1.165, 1.54) is 38.5 Å². The molecule has 0 saturated heterocycles. The molecule has 0 saturated carbocycles. The van der Waals surface area contributed by atoms with Gasteiger partial charge in [-0.25, -0.2) is 0 Å². The average Bonchev–Trinajstić information content (AvgIpc) is 2.08. The summed E-state index contributed by atoms with van der Waals surface area (Å²) in [6.07, 6.45) is 19.0. The maximum atomic E-state index is 2.39. The molecule has 0 fully saturated rings. The van der Waals surface area contributed by atoms with Crippen LogP contribution in [0.2, 0.25) is 0 Å². The fraction of sp³-hybridized carbons (Fsp3) is 0.545. The molecule has 0 spiro atoms. The van der Waals surface area contributed by atoms with Crippen LogP contribution >= 0.6 is 0 Å². The van der Waals surface area contributed by atoms with E-state index in [4.69, 9.17) is 0 Å². The van der Waals surface area contributed by atoms with Gasteiger partial charge in [0.15, 0.2) is 0 Å². The Kier molecular flexibility index (Phi) is 4.84. The molecule has 0 atom stereocenters. The number of allylic oxidation sites excluding steroid dienone is 4. The summed E-state index contributed by atoms with van der Waals surface area (Å²) in [5, 5.41) is 0. The van der Waals surface area contributed by atoms with Gasteiger partial charge in [0.25, 0.3) is 0 Å². The Hall–Kier alpha value is -0.520. The van der Waals surface area contributed by atoms with Gasteiger partial charge in [-0.15, -0.1) is 0 Å². The van der Waals surface area contributed by atoms with Crippen LogP contribution in [0.1, 0.15) is 38.5 Å².